The van der Waals surface area contributed by atoms with Gasteiger partial charge in [-0.05, 0) is 13.3 Å². The van der Waals surface area contributed by atoms with Crippen LogP contribution in [0.25, 0.3) is 0 Å². The predicted molar refractivity (Wildman–Crippen MR) is 68.0 cm³/mol. The third kappa shape index (κ3) is 3.73. The summed E-state index contributed by atoms with van der Waals surface area (Å²) in [5.74, 6) is -0.0848. The first-order chi connectivity index (χ1) is 8.60. The first-order valence-corrected chi connectivity index (χ1v) is 6.17. The molecule has 0 saturated carbocycles. The van der Waals surface area contributed by atoms with Crippen molar-refractivity contribution in [2.24, 2.45) is 5.73 Å². The number of hydrogen-bond donors (Lipinski definition) is 1. The molecule has 0 aromatic carbocycles. The maximum atomic E-state index is 11.9. The van der Waals surface area contributed by atoms with Gasteiger partial charge < -0.3 is 20.3 Å². The van der Waals surface area contributed by atoms with Gasteiger partial charge in [0, 0.05) is 26.2 Å². The molecule has 1 unspecified atom stereocenters. The highest BCUT2D eigenvalue weighted by molar-refractivity contribution is 5.82. The molecule has 1 saturated heterocycles. The molecular formula is C12H21N3O3. The predicted octanol–water partition coefficient (Wildman–Crippen LogP) is 0.191. The third-order valence-corrected chi connectivity index (χ3v) is 2.86. The molecule has 1 fully saturated rings. The minimum atomic E-state index is -0.531. The standard InChI is InChI=1S/C12H21N3O3/c1-3-5-10(13)11(16)14-6-8-15(9-7-14)12(17)18-4-2/h3,10H,1,4-9,13H2,2H3. The van der Waals surface area contributed by atoms with Gasteiger partial charge in [-0.15, -0.1) is 6.58 Å². The number of amides is 2. The normalized spacial score (nSPS) is 17.2. The zero-order valence-corrected chi connectivity index (χ0v) is 10.8. The van der Waals surface area contributed by atoms with Gasteiger partial charge in [-0.25, -0.2) is 4.79 Å². The number of nitrogens with zero attached hydrogens (tertiary/aromatic N) is 2. The molecular weight excluding hydrogens is 234 g/mol. The van der Waals surface area contributed by atoms with Gasteiger partial charge in [0.25, 0.3) is 0 Å². The zero-order valence-electron chi connectivity index (χ0n) is 10.8. The SMILES string of the molecule is C=CCC(N)C(=O)N1CCN(C(=O)OCC)CC1. The number of ether oxygens (including phenoxy) is 1. The molecule has 18 heavy (non-hydrogen) atoms. The first-order valence-electron chi connectivity index (χ1n) is 6.17. The Morgan fingerprint density at radius 1 is 1.33 bits per heavy atom. The summed E-state index contributed by atoms with van der Waals surface area (Å²) < 4.78 is 4.91. The van der Waals surface area contributed by atoms with Crippen LogP contribution < -0.4 is 5.73 Å². The van der Waals surface area contributed by atoms with Crippen molar-refractivity contribution < 1.29 is 14.3 Å². The lowest BCUT2D eigenvalue weighted by atomic mass is 10.2. The average Bonchev–Trinajstić information content (AvgIpc) is 2.38. The van der Waals surface area contributed by atoms with E-state index in [2.05, 4.69) is 6.58 Å². The van der Waals surface area contributed by atoms with E-state index in [1.807, 2.05) is 0 Å². The first kappa shape index (κ1) is 14.5. The molecule has 0 aromatic heterocycles. The molecule has 0 aliphatic carbocycles. The minimum Gasteiger partial charge on any atom is -0.450 e. The van der Waals surface area contributed by atoms with Gasteiger partial charge in [-0.1, -0.05) is 6.08 Å². The second-order valence-electron chi connectivity index (χ2n) is 4.14. The van der Waals surface area contributed by atoms with Crippen molar-refractivity contribution in [3.8, 4) is 0 Å². The van der Waals surface area contributed by atoms with E-state index >= 15 is 0 Å². The van der Waals surface area contributed by atoms with Crippen molar-refractivity contribution in [3.63, 3.8) is 0 Å². The topological polar surface area (TPSA) is 75.9 Å². The van der Waals surface area contributed by atoms with E-state index in [0.717, 1.165) is 0 Å². The highest BCUT2D eigenvalue weighted by Gasteiger charge is 2.27. The fourth-order valence-corrected chi connectivity index (χ4v) is 1.84. The van der Waals surface area contributed by atoms with E-state index < -0.39 is 6.04 Å². The van der Waals surface area contributed by atoms with Gasteiger partial charge in [-0.3, -0.25) is 4.79 Å². The molecule has 0 aromatic rings. The summed E-state index contributed by atoms with van der Waals surface area (Å²) in [5.41, 5.74) is 5.73. The Kier molecular flexibility index (Phi) is 5.64. The minimum absolute atomic E-state index is 0.0848. The fraction of sp³-hybridized carbons (Fsp3) is 0.667. The van der Waals surface area contributed by atoms with Crippen molar-refractivity contribution in [3.05, 3.63) is 12.7 Å². The summed E-state index contributed by atoms with van der Waals surface area (Å²) in [6.45, 7) is 7.68. The molecule has 0 bridgehead atoms. The highest BCUT2D eigenvalue weighted by Crippen LogP contribution is 2.06. The van der Waals surface area contributed by atoms with E-state index in [0.29, 0.717) is 39.2 Å². The van der Waals surface area contributed by atoms with Gasteiger partial charge in [0.2, 0.25) is 5.91 Å². The van der Waals surface area contributed by atoms with Crippen molar-refractivity contribution in [2.45, 2.75) is 19.4 Å². The summed E-state index contributed by atoms with van der Waals surface area (Å²) in [5, 5.41) is 0. The van der Waals surface area contributed by atoms with Crippen molar-refractivity contribution in [1.82, 2.24) is 9.80 Å². The maximum absolute atomic E-state index is 11.9. The summed E-state index contributed by atoms with van der Waals surface area (Å²) in [7, 11) is 0. The van der Waals surface area contributed by atoms with Gasteiger partial charge in [0.15, 0.2) is 0 Å². The second kappa shape index (κ2) is 7.00. The van der Waals surface area contributed by atoms with Gasteiger partial charge in [0.1, 0.15) is 0 Å². The molecule has 1 aliphatic rings. The Morgan fingerprint density at radius 2 is 1.89 bits per heavy atom. The van der Waals surface area contributed by atoms with Crippen molar-refractivity contribution in [1.29, 1.82) is 0 Å². The van der Waals surface area contributed by atoms with Crippen molar-refractivity contribution in [2.75, 3.05) is 32.8 Å². The quantitative estimate of drug-likeness (QED) is 0.728. The molecule has 2 amide bonds. The Hall–Kier alpha value is -1.56. The Bertz CT molecular complexity index is 312. The van der Waals surface area contributed by atoms with E-state index in [4.69, 9.17) is 10.5 Å². The number of piperazine rings is 1. The van der Waals surface area contributed by atoms with Gasteiger partial charge in [-0.2, -0.15) is 0 Å². The van der Waals surface area contributed by atoms with Crippen LogP contribution in [-0.4, -0.2) is 60.6 Å². The smallest absolute Gasteiger partial charge is 0.409 e. The lowest BCUT2D eigenvalue weighted by molar-refractivity contribution is -0.134. The molecule has 0 spiro atoms. The number of carbonyl (C=O) groups is 2. The molecule has 0 radical (unpaired) electrons. The van der Waals surface area contributed by atoms with E-state index in [1.165, 1.54) is 0 Å². The monoisotopic (exact) mass is 255 g/mol. The summed E-state index contributed by atoms with van der Waals surface area (Å²) in [4.78, 5) is 26.7. The Balaban J connectivity index is 2.41. The molecule has 1 aliphatic heterocycles. The van der Waals surface area contributed by atoms with Crippen LogP contribution in [-0.2, 0) is 9.53 Å². The molecule has 2 N–H and O–H groups in total. The fourth-order valence-electron chi connectivity index (χ4n) is 1.84. The molecule has 1 rings (SSSR count). The average molecular weight is 255 g/mol. The van der Waals surface area contributed by atoms with Gasteiger partial charge in [0.05, 0.1) is 12.6 Å². The summed E-state index contributed by atoms with van der Waals surface area (Å²) in [6.07, 6.45) is 1.79. The largest absolute Gasteiger partial charge is 0.450 e. The van der Waals surface area contributed by atoms with Crippen LogP contribution in [0.15, 0.2) is 12.7 Å². The summed E-state index contributed by atoms with van der Waals surface area (Å²) in [6, 6.07) is -0.531. The number of hydrogen-bond acceptors (Lipinski definition) is 4. The zero-order chi connectivity index (χ0) is 13.5. The molecule has 102 valence electrons. The molecule has 1 heterocycles. The molecule has 6 heteroatoms. The molecule has 6 nitrogen and oxygen atoms in total. The van der Waals surface area contributed by atoms with E-state index in [1.54, 1.807) is 22.8 Å². The second-order valence-corrected chi connectivity index (χ2v) is 4.14. The maximum Gasteiger partial charge on any atom is 0.409 e. The Morgan fingerprint density at radius 3 is 2.39 bits per heavy atom. The van der Waals surface area contributed by atoms with Gasteiger partial charge >= 0.3 is 6.09 Å². The van der Waals surface area contributed by atoms with Crippen LogP contribution in [0.3, 0.4) is 0 Å². The lowest BCUT2D eigenvalue weighted by Crippen LogP contribution is -2.54. The van der Waals surface area contributed by atoms with Crippen LogP contribution >= 0.6 is 0 Å². The van der Waals surface area contributed by atoms with Crippen LogP contribution in [0.1, 0.15) is 13.3 Å². The number of rotatable bonds is 4. The van der Waals surface area contributed by atoms with Crippen LogP contribution in [0.5, 0.6) is 0 Å². The van der Waals surface area contributed by atoms with Crippen molar-refractivity contribution >= 4 is 12.0 Å². The third-order valence-electron chi connectivity index (χ3n) is 2.86. The Labute approximate surface area is 107 Å². The van der Waals surface area contributed by atoms with Crippen LogP contribution in [0.4, 0.5) is 4.79 Å². The molecule has 1 atom stereocenters. The van der Waals surface area contributed by atoms with E-state index in [9.17, 15) is 9.59 Å². The van der Waals surface area contributed by atoms with Crippen LogP contribution in [0.2, 0.25) is 0 Å². The summed E-state index contributed by atoms with van der Waals surface area (Å²) >= 11 is 0. The van der Waals surface area contributed by atoms with E-state index in [-0.39, 0.29) is 12.0 Å². The number of carbonyl (C=O) groups excluding carboxylic acids is 2. The van der Waals surface area contributed by atoms with Crippen LogP contribution in [0, 0.1) is 0 Å². The number of nitrogens with two attached hydrogens (primary N) is 1. The highest BCUT2D eigenvalue weighted by atomic mass is 16.6. The lowest BCUT2D eigenvalue weighted by Gasteiger charge is -2.35.